The fourth-order valence-electron chi connectivity index (χ4n) is 3.38. The largest absolute Gasteiger partial charge is 0.391 e. The third kappa shape index (κ3) is 3.39. The second-order valence-electron chi connectivity index (χ2n) is 5.83. The predicted octanol–water partition coefficient (Wildman–Crippen LogP) is 1.80. The Bertz CT molecular complexity index is 275. The standard InChI is InChI=1S/C13H24N2OS/c1-9-5-10(2)7-11(6-9)15-3-4-16-12(8-15)13(14)17/h9-12H,3-8H2,1-2H3,(H2,14,17). The normalized spacial score (nSPS) is 40.1. The summed E-state index contributed by atoms with van der Waals surface area (Å²) in [6.07, 6.45) is 3.97. The molecule has 2 N–H and O–H groups in total. The second kappa shape index (κ2) is 5.63. The highest BCUT2D eigenvalue weighted by Gasteiger charge is 2.32. The summed E-state index contributed by atoms with van der Waals surface area (Å²) < 4.78 is 5.61. The van der Waals surface area contributed by atoms with Gasteiger partial charge in [0.05, 0.1) is 6.61 Å². The van der Waals surface area contributed by atoms with Crippen molar-refractivity contribution in [2.24, 2.45) is 17.6 Å². The Morgan fingerprint density at radius 3 is 2.47 bits per heavy atom. The van der Waals surface area contributed by atoms with Crippen LogP contribution in [-0.4, -0.2) is 41.7 Å². The first-order chi connectivity index (χ1) is 8.06. The van der Waals surface area contributed by atoms with Crippen molar-refractivity contribution in [2.45, 2.75) is 45.3 Å². The number of thiocarbonyl (C=S) groups is 1. The molecule has 1 heterocycles. The molecule has 0 aromatic heterocycles. The first kappa shape index (κ1) is 13.2. The minimum Gasteiger partial charge on any atom is -0.391 e. The lowest BCUT2D eigenvalue weighted by molar-refractivity contribution is -0.0255. The van der Waals surface area contributed by atoms with Crippen molar-refractivity contribution in [3.05, 3.63) is 0 Å². The summed E-state index contributed by atoms with van der Waals surface area (Å²) >= 11 is 5.04. The molecule has 4 heteroatoms. The topological polar surface area (TPSA) is 38.5 Å². The zero-order valence-electron chi connectivity index (χ0n) is 10.9. The van der Waals surface area contributed by atoms with Crippen LogP contribution in [0.3, 0.4) is 0 Å². The zero-order chi connectivity index (χ0) is 12.4. The summed E-state index contributed by atoms with van der Waals surface area (Å²) in [6.45, 7) is 7.42. The van der Waals surface area contributed by atoms with Crippen LogP contribution in [0.15, 0.2) is 0 Å². The number of rotatable bonds is 2. The number of nitrogens with two attached hydrogens (primary N) is 1. The lowest BCUT2D eigenvalue weighted by Crippen LogP contribution is -2.52. The molecule has 3 nitrogen and oxygen atoms in total. The van der Waals surface area contributed by atoms with Gasteiger partial charge < -0.3 is 10.5 Å². The molecule has 0 aromatic rings. The molecule has 0 bridgehead atoms. The van der Waals surface area contributed by atoms with E-state index in [2.05, 4.69) is 18.7 Å². The van der Waals surface area contributed by atoms with Gasteiger partial charge in [0.15, 0.2) is 0 Å². The van der Waals surface area contributed by atoms with Crippen molar-refractivity contribution in [3.63, 3.8) is 0 Å². The summed E-state index contributed by atoms with van der Waals surface area (Å²) in [5.74, 6) is 1.68. The Labute approximate surface area is 110 Å². The van der Waals surface area contributed by atoms with Crippen molar-refractivity contribution < 1.29 is 4.74 Å². The number of ether oxygens (including phenoxy) is 1. The van der Waals surface area contributed by atoms with Gasteiger partial charge in [0.2, 0.25) is 0 Å². The van der Waals surface area contributed by atoms with Gasteiger partial charge in [-0.15, -0.1) is 0 Å². The smallest absolute Gasteiger partial charge is 0.120 e. The van der Waals surface area contributed by atoms with Gasteiger partial charge in [-0.05, 0) is 31.1 Å². The minimum atomic E-state index is -0.0358. The van der Waals surface area contributed by atoms with Crippen LogP contribution in [0.25, 0.3) is 0 Å². The molecule has 0 amide bonds. The van der Waals surface area contributed by atoms with E-state index in [9.17, 15) is 0 Å². The predicted molar refractivity (Wildman–Crippen MR) is 74.1 cm³/mol. The third-order valence-electron chi connectivity index (χ3n) is 4.09. The van der Waals surface area contributed by atoms with Gasteiger partial charge in [0.1, 0.15) is 11.1 Å². The van der Waals surface area contributed by atoms with Crippen LogP contribution >= 0.6 is 12.2 Å². The molecule has 3 unspecified atom stereocenters. The average molecular weight is 256 g/mol. The van der Waals surface area contributed by atoms with Crippen molar-refractivity contribution in [1.82, 2.24) is 4.90 Å². The van der Waals surface area contributed by atoms with E-state index in [1.165, 1.54) is 19.3 Å². The zero-order valence-corrected chi connectivity index (χ0v) is 11.7. The second-order valence-corrected chi connectivity index (χ2v) is 6.30. The monoisotopic (exact) mass is 256 g/mol. The van der Waals surface area contributed by atoms with Gasteiger partial charge in [-0.3, -0.25) is 4.90 Å². The quantitative estimate of drug-likeness (QED) is 0.765. The van der Waals surface area contributed by atoms with Gasteiger partial charge in [-0.25, -0.2) is 0 Å². The van der Waals surface area contributed by atoms with Crippen molar-refractivity contribution in [2.75, 3.05) is 19.7 Å². The first-order valence-electron chi connectivity index (χ1n) is 6.71. The molecule has 3 atom stereocenters. The number of nitrogens with zero attached hydrogens (tertiary/aromatic N) is 1. The molecule has 0 spiro atoms. The maximum atomic E-state index is 5.69. The van der Waals surface area contributed by atoms with Crippen LogP contribution in [-0.2, 0) is 4.74 Å². The Hall–Kier alpha value is -0.190. The molecule has 0 aromatic carbocycles. The summed E-state index contributed by atoms with van der Waals surface area (Å²) in [5, 5.41) is 0. The summed E-state index contributed by atoms with van der Waals surface area (Å²) in [7, 11) is 0. The molecule has 17 heavy (non-hydrogen) atoms. The SMILES string of the molecule is CC1CC(C)CC(N2CCOC(C(N)=S)C2)C1. The van der Waals surface area contributed by atoms with E-state index in [-0.39, 0.29) is 6.10 Å². The van der Waals surface area contributed by atoms with Crippen LogP contribution in [0.2, 0.25) is 0 Å². The van der Waals surface area contributed by atoms with E-state index in [1.807, 2.05) is 0 Å². The molecule has 1 aliphatic carbocycles. The molecule has 1 saturated carbocycles. The third-order valence-corrected chi connectivity index (χ3v) is 4.35. The van der Waals surface area contributed by atoms with E-state index in [1.54, 1.807) is 0 Å². The molecule has 1 aliphatic heterocycles. The van der Waals surface area contributed by atoms with Crippen LogP contribution in [0, 0.1) is 11.8 Å². The number of hydrogen-bond donors (Lipinski definition) is 1. The van der Waals surface area contributed by atoms with E-state index >= 15 is 0 Å². The van der Waals surface area contributed by atoms with Crippen LogP contribution in [0.1, 0.15) is 33.1 Å². The fourth-order valence-corrected chi connectivity index (χ4v) is 3.52. The van der Waals surface area contributed by atoms with Gasteiger partial charge in [0, 0.05) is 19.1 Å². The maximum Gasteiger partial charge on any atom is 0.120 e. The summed E-state index contributed by atoms with van der Waals surface area (Å²) in [6, 6.07) is 0.703. The number of hydrogen-bond acceptors (Lipinski definition) is 3. The van der Waals surface area contributed by atoms with E-state index in [0.29, 0.717) is 11.0 Å². The minimum absolute atomic E-state index is 0.0358. The van der Waals surface area contributed by atoms with E-state index in [4.69, 9.17) is 22.7 Å². The molecule has 0 radical (unpaired) electrons. The van der Waals surface area contributed by atoms with Gasteiger partial charge in [-0.1, -0.05) is 26.1 Å². The fraction of sp³-hybridized carbons (Fsp3) is 0.923. The summed E-state index contributed by atoms with van der Waals surface area (Å²) in [4.78, 5) is 3.05. The molecule has 2 aliphatic rings. The summed E-state index contributed by atoms with van der Waals surface area (Å²) in [5.41, 5.74) is 5.69. The Morgan fingerprint density at radius 2 is 1.88 bits per heavy atom. The maximum absolute atomic E-state index is 5.69. The van der Waals surface area contributed by atoms with Gasteiger partial charge in [-0.2, -0.15) is 0 Å². The van der Waals surface area contributed by atoms with Crippen LogP contribution in [0.4, 0.5) is 0 Å². The van der Waals surface area contributed by atoms with Crippen molar-refractivity contribution >= 4 is 17.2 Å². The molecule has 1 saturated heterocycles. The highest BCUT2D eigenvalue weighted by atomic mass is 32.1. The van der Waals surface area contributed by atoms with Crippen LogP contribution in [0.5, 0.6) is 0 Å². The Balaban J connectivity index is 1.94. The number of morpholine rings is 1. The molecular weight excluding hydrogens is 232 g/mol. The van der Waals surface area contributed by atoms with Gasteiger partial charge in [0.25, 0.3) is 0 Å². The molecular formula is C13H24N2OS. The van der Waals surface area contributed by atoms with Crippen LogP contribution < -0.4 is 5.73 Å². The first-order valence-corrected chi connectivity index (χ1v) is 7.12. The lowest BCUT2D eigenvalue weighted by atomic mass is 9.79. The lowest BCUT2D eigenvalue weighted by Gasteiger charge is -2.42. The average Bonchev–Trinajstić information content (AvgIpc) is 2.28. The molecule has 2 fully saturated rings. The Morgan fingerprint density at radius 1 is 1.24 bits per heavy atom. The highest BCUT2D eigenvalue weighted by Crippen LogP contribution is 2.32. The van der Waals surface area contributed by atoms with Crippen molar-refractivity contribution in [1.29, 1.82) is 0 Å². The molecule has 98 valence electrons. The molecule has 2 rings (SSSR count). The van der Waals surface area contributed by atoms with Crippen molar-refractivity contribution in [3.8, 4) is 0 Å². The van der Waals surface area contributed by atoms with E-state index < -0.39 is 0 Å². The highest BCUT2D eigenvalue weighted by molar-refractivity contribution is 7.80. The van der Waals surface area contributed by atoms with Gasteiger partial charge >= 0.3 is 0 Å². The Kier molecular flexibility index (Phi) is 4.39. The van der Waals surface area contributed by atoms with E-state index in [0.717, 1.165) is 31.5 Å².